The topological polar surface area (TPSA) is 90.7 Å². The zero-order chi connectivity index (χ0) is 17.5. The molecule has 122 valence electrons. The molecular weight excluding hydrogens is 314 g/mol. The lowest BCUT2D eigenvalue weighted by Crippen LogP contribution is -2.23. The minimum absolute atomic E-state index is 0.249. The molecule has 0 radical (unpaired) electrons. The van der Waals surface area contributed by atoms with Crippen molar-refractivity contribution in [2.24, 2.45) is 0 Å². The Morgan fingerprint density at radius 3 is 2.60 bits per heavy atom. The summed E-state index contributed by atoms with van der Waals surface area (Å²) in [6, 6.07) is 16.4. The van der Waals surface area contributed by atoms with Gasteiger partial charge >= 0.3 is 0 Å². The highest BCUT2D eigenvalue weighted by Crippen LogP contribution is 2.19. The molecule has 2 N–H and O–H groups in total. The van der Waals surface area contributed by atoms with Crippen LogP contribution in [0.3, 0.4) is 0 Å². The molecule has 25 heavy (non-hydrogen) atoms. The van der Waals surface area contributed by atoms with E-state index in [0.29, 0.717) is 29.2 Å². The summed E-state index contributed by atoms with van der Waals surface area (Å²) >= 11 is 0. The summed E-state index contributed by atoms with van der Waals surface area (Å²) in [4.78, 5) is 20.2. The van der Waals surface area contributed by atoms with Crippen LogP contribution >= 0.6 is 0 Å². The summed E-state index contributed by atoms with van der Waals surface area (Å²) in [5, 5.41) is 15.0. The Morgan fingerprint density at radius 1 is 1.08 bits per heavy atom. The van der Waals surface area contributed by atoms with E-state index in [-0.39, 0.29) is 5.91 Å². The van der Waals surface area contributed by atoms with Gasteiger partial charge in [-0.05, 0) is 42.0 Å². The molecule has 0 fully saturated rings. The maximum absolute atomic E-state index is 12.1. The van der Waals surface area contributed by atoms with Crippen LogP contribution in [0.2, 0.25) is 0 Å². The molecule has 2 heterocycles. The molecule has 0 atom stereocenters. The van der Waals surface area contributed by atoms with Gasteiger partial charge in [0.05, 0.1) is 23.1 Å². The lowest BCUT2D eigenvalue weighted by Gasteiger charge is -2.09. The number of hydrogen-bond donors (Lipinski definition) is 2. The van der Waals surface area contributed by atoms with E-state index in [9.17, 15) is 4.79 Å². The fourth-order valence-corrected chi connectivity index (χ4v) is 2.22. The first kappa shape index (κ1) is 16.1. The van der Waals surface area contributed by atoms with Gasteiger partial charge in [0.2, 0.25) is 0 Å². The number of amides is 1. The van der Waals surface area contributed by atoms with Gasteiger partial charge in [0.25, 0.3) is 5.91 Å². The van der Waals surface area contributed by atoms with Crippen molar-refractivity contribution >= 4 is 17.3 Å². The minimum Gasteiger partial charge on any atom is -0.353 e. The highest BCUT2D eigenvalue weighted by Gasteiger charge is 2.07. The number of carbonyl (C=O) groups is 1. The smallest absolute Gasteiger partial charge is 0.270 e. The molecule has 2 aromatic heterocycles. The molecule has 0 unspecified atom stereocenters. The Kier molecular flexibility index (Phi) is 4.98. The summed E-state index contributed by atoms with van der Waals surface area (Å²) < 4.78 is 0. The van der Waals surface area contributed by atoms with E-state index in [1.165, 1.54) is 0 Å². The van der Waals surface area contributed by atoms with Crippen LogP contribution < -0.4 is 10.6 Å². The van der Waals surface area contributed by atoms with E-state index in [1.807, 2.05) is 24.3 Å². The first-order valence-corrected chi connectivity index (χ1v) is 7.65. The van der Waals surface area contributed by atoms with E-state index in [0.717, 1.165) is 5.56 Å². The number of rotatable bonds is 5. The number of hydrogen-bond acceptors (Lipinski definition) is 5. The SMILES string of the molecule is N#Cc1ccccc1Nc1ccc(C(=O)NCc2ccncc2)nc1. The molecule has 0 bridgehead atoms. The van der Waals surface area contributed by atoms with Gasteiger partial charge in [0.15, 0.2) is 0 Å². The van der Waals surface area contributed by atoms with Crippen LogP contribution in [0, 0.1) is 11.3 Å². The molecule has 0 saturated carbocycles. The molecule has 3 aromatic rings. The average Bonchev–Trinajstić information content (AvgIpc) is 2.68. The molecule has 1 amide bonds. The second-order valence-corrected chi connectivity index (χ2v) is 5.25. The second kappa shape index (κ2) is 7.70. The quantitative estimate of drug-likeness (QED) is 0.751. The number of nitrogens with one attached hydrogen (secondary N) is 2. The number of carbonyl (C=O) groups excluding carboxylic acids is 1. The molecule has 0 aliphatic rings. The second-order valence-electron chi connectivity index (χ2n) is 5.25. The molecule has 6 nitrogen and oxygen atoms in total. The van der Waals surface area contributed by atoms with Crippen molar-refractivity contribution in [3.63, 3.8) is 0 Å². The fraction of sp³-hybridized carbons (Fsp3) is 0.0526. The van der Waals surface area contributed by atoms with Gasteiger partial charge in [-0.15, -0.1) is 0 Å². The van der Waals surface area contributed by atoms with Crippen molar-refractivity contribution < 1.29 is 4.79 Å². The lowest BCUT2D eigenvalue weighted by atomic mass is 10.2. The van der Waals surface area contributed by atoms with Crippen molar-refractivity contribution in [3.05, 3.63) is 83.9 Å². The van der Waals surface area contributed by atoms with Crippen LogP contribution in [0.15, 0.2) is 67.1 Å². The normalized spacial score (nSPS) is 9.88. The Morgan fingerprint density at radius 2 is 1.88 bits per heavy atom. The third kappa shape index (κ3) is 4.18. The summed E-state index contributed by atoms with van der Waals surface area (Å²) in [6.07, 6.45) is 4.92. The number of benzene rings is 1. The van der Waals surface area contributed by atoms with Crippen molar-refractivity contribution in [1.82, 2.24) is 15.3 Å². The molecule has 0 aliphatic carbocycles. The first-order valence-electron chi connectivity index (χ1n) is 7.65. The van der Waals surface area contributed by atoms with E-state index < -0.39 is 0 Å². The maximum atomic E-state index is 12.1. The van der Waals surface area contributed by atoms with E-state index in [4.69, 9.17) is 5.26 Å². The Balaban J connectivity index is 1.64. The van der Waals surface area contributed by atoms with Gasteiger partial charge in [0, 0.05) is 18.9 Å². The minimum atomic E-state index is -0.249. The van der Waals surface area contributed by atoms with Crippen molar-refractivity contribution in [2.45, 2.75) is 6.54 Å². The Bertz CT molecular complexity index is 901. The van der Waals surface area contributed by atoms with Crippen molar-refractivity contribution in [2.75, 3.05) is 5.32 Å². The Labute approximate surface area is 145 Å². The van der Waals surface area contributed by atoms with Crippen LogP contribution in [0.25, 0.3) is 0 Å². The summed E-state index contributed by atoms with van der Waals surface area (Å²) in [5.41, 5.74) is 3.24. The van der Waals surface area contributed by atoms with E-state index in [2.05, 4.69) is 26.7 Å². The lowest BCUT2D eigenvalue weighted by molar-refractivity contribution is 0.0946. The number of nitriles is 1. The number of para-hydroxylation sites is 1. The number of anilines is 2. The zero-order valence-corrected chi connectivity index (χ0v) is 13.3. The molecule has 0 spiro atoms. The average molecular weight is 329 g/mol. The summed E-state index contributed by atoms with van der Waals surface area (Å²) in [6.45, 7) is 0.415. The van der Waals surface area contributed by atoms with Gasteiger partial charge in [-0.25, -0.2) is 4.98 Å². The van der Waals surface area contributed by atoms with Crippen molar-refractivity contribution in [3.8, 4) is 6.07 Å². The van der Waals surface area contributed by atoms with Crippen LogP contribution in [0.5, 0.6) is 0 Å². The summed E-state index contributed by atoms with van der Waals surface area (Å²) in [5.74, 6) is -0.249. The molecular formula is C19H15N5O. The fourth-order valence-electron chi connectivity index (χ4n) is 2.22. The molecule has 3 rings (SSSR count). The number of aromatic nitrogens is 2. The van der Waals surface area contributed by atoms with Gasteiger partial charge in [-0.3, -0.25) is 9.78 Å². The molecule has 0 aliphatic heterocycles. The monoisotopic (exact) mass is 329 g/mol. The predicted octanol–water partition coefficient (Wildman–Crippen LogP) is 3.02. The van der Waals surface area contributed by atoms with Gasteiger partial charge in [0.1, 0.15) is 11.8 Å². The largest absolute Gasteiger partial charge is 0.353 e. The van der Waals surface area contributed by atoms with E-state index in [1.54, 1.807) is 42.9 Å². The van der Waals surface area contributed by atoms with Gasteiger partial charge in [-0.2, -0.15) is 5.26 Å². The molecule has 6 heteroatoms. The summed E-state index contributed by atoms with van der Waals surface area (Å²) in [7, 11) is 0. The van der Waals surface area contributed by atoms with Gasteiger partial charge in [-0.1, -0.05) is 12.1 Å². The molecule has 0 saturated heterocycles. The number of nitrogens with zero attached hydrogens (tertiary/aromatic N) is 3. The first-order chi connectivity index (χ1) is 12.3. The van der Waals surface area contributed by atoms with Crippen LogP contribution in [-0.2, 0) is 6.54 Å². The van der Waals surface area contributed by atoms with Crippen LogP contribution in [0.1, 0.15) is 21.6 Å². The highest BCUT2D eigenvalue weighted by atomic mass is 16.1. The van der Waals surface area contributed by atoms with Crippen LogP contribution in [-0.4, -0.2) is 15.9 Å². The molecule has 1 aromatic carbocycles. The predicted molar refractivity (Wildman–Crippen MR) is 94.1 cm³/mol. The van der Waals surface area contributed by atoms with Gasteiger partial charge < -0.3 is 10.6 Å². The third-order valence-electron chi connectivity index (χ3n) is 3.53. The highest BCUT2D eigenvalue weighted by molar-refractivity contribution is 5.92. The van der Waals surface area contributed by atoms with Crippen molar-refractivity contribution in [1.29, 1.82) is 5.26 Å². The van der Waals surface area contributed by atoms with E-state index >= 15 is 0 Å². The maximum Gasteiger partial charge on any atom is 0.270 e. The zero-order valence-electron chi connectivity index (χ0n) is 13.3. The standard InChI is InChI=1S/C19H15N5O/c20-11-15-3-1-2-4-17(15)24-16-5-6-18(22-13-16)19(25)23-12-14-7-9-21-10-8-14/h1-10,13,24H,12H2,(H,23,25). The number of pyridine rings is 2. The van der Waals surface area contributed by atoms with Crippen LogP contribution in [0.4, 0.5) is 11.4 Å². The third-order valence-corrected chi connectivity index (χ3v) is 3.53. The Hall–Kier alpha value is -3.72.